The topological polar surface area (TPSA) is 206 Å². The Kier molecular flexibility index (Phi) is 11.7. The van der Waals surface area contributed by atoms with Crippen molar-refractivity contribution in [1.29, 1.82) is 0 Å². The van der Waals surface area contributed by atoms with Crippen LogP contribution in [0.15, 0.2) is 95.2 Å². The second kappa shape index (κ2) is 15.9. The summed E-state index contributed by atoms with van der Waals surface area (Å²) in [6.45, 7) is 10.7. The van der Waals surface area contributed by atoms with Crippen molar-refractivity contribution >= 4 is 35.6 Å². The first kappa shape index (κ1) is 36.8. The molecular weight excluding hydrogens is 644 g/mol. The lowest BCUT2D eigenvalue weighted by Gasteiger charge is -2.35. The van der Waals surface area contributed by atoms with Crippen LogP contribution in [0.3, 0.4) is 0 Å². The average molecular weight is 685 g/mol. The molecule has 4 atom stereocenters. The van der Waals surface area contributed by atoms with Crippen LogP contribution >= 0.6 is 0 Å². The maximum absolute atomic E-state index is 13.6. The van der Waals surface area contributed by atoms with E-state index in [-0.39, 0.29) is 28.3 Å². The summed E-state index contributed by atoms with van der Waals surface area (Å²) in [4.78, 5) is 56.2. The zero-order chi connectivity index (χ0) is 36.6. The first-order valence-corrected chi connectivity index (χ1v) is 15.5. The minimum Gasteiger partial charge on any atom is -0.459 e. The Hall–Kier alpha value is -6.02. The lowest BCUT2D eigenvalue weighted by atomic mass is 9.90. The zero-order valence-corrected chi connectivity index (χ0v) is 28.4. The van der Waals surface area contributed by atoms with Gasteiger partial charge in [0.1, 0.15) is 18.8 Å². The Labute approximate surface area is 289 Å². The second-order valence-electron chi connectivity index (χ2n) is 11.8. The third-order valence-electron chi connectivity index (χ3n) is 7.87. The maximum atomic E-state index is 13.6. The van der Waals surface area contributed by atoms with E-state index in [0.29, 0.717) is 0 Å². The van der Waals surface area contributed by atoms with E-state index in [4.69, 9.17) is 30.4 Å². The van der Waals surface area contributed by atoms with Crippen LogP contribution in [-0.2, 0) is 23.7 Å². The number of hydrogen-bond donors (Lipinski definition) is 4. The van der Waals surface area contributed by atoms with Crippen molar-refractivity contribution in [2.24, 2.45) is 21.6 Å². The standard InChI is InChI=1S/C36H40N6O8/c1-20-7-13-24(14-8-20)32(44)47-19-27-29(49-33(45)25-15-9-21(2)10-16-25)36(5,50-34(46)26-17-11-22(3)12-18-26)28(48-27)23(4)41-42-30(37)31(43)40-35(38)39-6/h7-18,27-29,41H,4,19H2,1-3,5-6H3,(H2,37,42)(H3,38,39,40,43)/t27-,28?,29-,36+/m1/s1. The highest BCUT2D eigenvalue weighted by Crippen LogP contribution is 2.40. The predicted molar refractivity (Wildman–Crippen MR) is 185 cm³/mol. The zero-order valence-electron chi connectivity index (χ0n) is 28.4. The Morgan fingerprint density at radius 3 is 1.80 bits per heavy atom. The van der Waals surface area contributed by atoms with E-state index in [1.807, 2.05) is 20.8 Å². The first-order valence-electron chi connectivity index (χ1n) is 15.5. The van der Waals surface area contributed by atoms with Crippen LogP contribution in [0.25, 0.3) is 0 Å². The monoisotopic (exact) mass is 684 g/mol. The summed E-state index contributed by atoms with van der Waals surface area (Å²) in [5.41, 5.74) is 15.6. The normalized spacial score (nSPS) is 20.4. The Morgan fingerprint density at radius 2 is 1.30 bits per heavy atom. The van der Waals surface area contributed by atoms with E-state index in [1.54, 1.807) is 72.8 Å². The van der Waals surface area contributed by atoms with Gasteiger partial charge in [0, 0.05) is 7.05 Å². The molecule has 1 aliphatic heterocycles. The van der Waals surface area contributed by atoms with Gasteiger partial charge in [-0.2, -0.15) is 5.10 Å². The fourth-order valence-electron chi connectivity index (χ4n) is 4.99. The molecule has 50 heavy (non-hydrogen) atoms. The van der Waals surface area contributed by atoms with E-state index in [2.05, 4.69) is 27.4 Å². The molecule has 3 aromatic carbocycles. The number of aryl methyl sites for hydroxylation is 3. The number of nitrogens with zero attached hydrogens (tertiary/aromatic N) is 2. The van der Waals surface area contributed by atoms with E-state index in [1.165, 1.54) is 14.0 Å². The van der Waals surface area contributed by atoms with Crippen molar-refractivity contribution in [2.45, 2.75) is 51.6 Å². The molecular formula is C36H40N6O8. The van der Waals surface area contributed by atoms with Gasteiger partial charge < -0.3 is 30.4 Å². The van der Waals surface area contributed by atoms with Crippen molar-refractivity contribution < 1.29 is 38.1 Å². The molecule has 0 radical (unpaired) electrons. The SMILES string of the molecule is C=C(NN=C(N)C(=O)NC(N)=NC)C1O[C@H](COC(=O)c2ccc(C)cc2)[C@@H](OC(=O)c2ccc(C)cc2)[C@@]1(C)OC(=O)c1ccc(C)cc1. The number of amides is 1. The molecule has 0 bridgehead atoms. The minimum atomic E-state index is -1.81. The van der Waals surface area contributed by atoms with Crippen molar-refractivity contribution in [2.75, 3.05) is 13.7 Å². The average Bonchev–Trinajstić information content (AvgIpc) is 3.36. The van der Waals surface area contributed by atoms with Gasteiger partial charge in [-0.1, -0.05) is 59.7 Å². The first-order chi connectivity index (χ1) is 23.7. The van der Waals surface area contributed by atoms with E-state index in [0.717, 1.165) is 16.7 Å². The van der Waals surface area contributed by atoms with Crippen LogP contribution in [0, 0.1) is 20.8 Å². The molecule has 1 unspecified atom stereocenters. The molecule has 1 aliphatic rings. The van der Waals surface area contributed by atoms with Crippen molar-refractivity contribution in [3.8, 4) is 0 Å². The maximum Gasteiger partial charge on any atom is 0.338 e. The quantitative estimate of drug-likeness (QED) is 0.0803. The van der Waals surface area contributed by atoms with Crippen LogP contribution in [0.1, 0.15) is 54.7 Å². The van der Waals surface area contributed by atoms with Crippen LogP contribution in [-0.4, -0.2) is 73.2 Å². The number of esters is 3. The molecule has 14 heteroatoms. The molecule has 0 aliphatic carbocycles. The fourth-order valence-corrected chi connectivity index (χ4v) is 4.99. The van der Waals surface area contributed by atoms with Gasteiger partial charge in [-0.3, -0.25) is 20.5 Å². The van der Waals surface area contributed by atoms with E-state index >= 15 is 0 Å². The molecule has 0 spiro atoms. The largest absolute Gasteiger partial charge is 0.459 e. The lowest BCUT2D eigenvalue weighted by molar-refractivity contribution is -0.113. The fraction of sp³-hybridized carbons (Fsp3) is 0.278. The number of nitrogens with one attached hydrogen (secondary N) is 2. The van der Waals surface area contributed by atoms with Gasteiger partial charge in [-0.05, 0) is 64.1 Å². The number of carbonyl (C=O) groups is 4. The molecule has 3 aromatic rings. The van der Waals surface area contributed by atoms with E-state index in [9.17, 15) is 19.2 Å². The van der Waals surface area contributed by atoms with Gasteiger partial charge in [0.25, 0.3) is 5.91 Å². The number of amidine groups is 1. The van der Waals surface area contributed by atoms with Gasteiger partial charge in [0.2, 0.25) is 5.84 Å². The molecule has 262 valence electrons. The molecule has 1 heterocycles. The molecule has 4 rings (SSSR count). The van der Waals surface area contributed by atoms with Crippen molar-refractivity contribution in [1.82, 2.24) is 10.7 Å². The summed E-state index contributed by atoms with van der Waals surface area (Å²) in [7, 11) is 1.37. The third-order valence-corrected chi connectivity index (χ3v) is 7.87. The second-order valence-corrected chi connectivity index (χ2v) is 11.8. The molecule has 14 nitrogen and oxygen atoms in total. The Bertz CT molecular complexity index is 1810. The van der Waals surface area contributed by atoms with Crippen LogP contribution in [0.4, 0.5) is 0 Å². The number of hydrazone groups is 1. The lowest BCUT2D eigenvalue weighted by Crippen LogP contribution is -2.53. The smallest absolute Gasteiger partial charge is 0.338 e. The number of carbonyl (C=O) groups excluding carboxylic acids is 4. The molecule has 0 aromatic heterocycles. The highest BCUT2D eigenvalue weighted by Gasteiger charge is 2.60. The number of rotatable bonds is 10. The van der Waals surface area contributed by atoms with Gasteiger partial charge in [-0.15, -0.1) is 0 Å². The van der Waals surface area contributed by atoms with Crippen LogP contribution in [0.5, 0.6) is 0 Å². The number of hydrogen-bond acceptors (Lipinski definition) is 11. The summed E-state index contributed by atoms with van der Waals surface area (Å²) in [5, 5.41) is 6.11. The summed E-state index contributed by atoms with van der Waals surface area (Å²) in [5.74, 6) is -3.77. The molecule has 1 amide bonds. The van der Waals surface area contributed by atoms with Crippen molar-refractivity contribution in [3.63, 3.8) is 0 Å². The summed E-state index contributed by atoms with van der Waals surface area (Å²) in [6.07, 6.45) is -3.83. The highest BCUT2D eigenvalue weighted by atomic mass is 16.7. The third kappa shape index (κ3) is 8.90. The molecule has 6 N–H and O–H groups in total. The minimum absolute atomic E-state index is 0.0409. The number of benzene rings is 3. The summed E-state index contributed by atoms with van der Waals surface area (Å²) >= 11 is 0. The number of aliphatic imine (C=N–C) groups is 1. The van der Waals surface area contributed by atoms with Gasteiger partial charge in [0.15, 0.2) is 17.7 Å². The van der Waals surface area contributed by atoms with E-state index < -0.39 is 60.2 Å². The van der Waals surface area contributed by atoms with Crippen LogP contribution < -0.4 is 22.2 Å². The summed E-state index contributed by atoms with van der Waals surface area (Å²) < 4.78 is 24.0. The predicted octanol–water partition coefficient (Wildman–Crippen LogP) is 2.81. The molecule has 1 saturated heterocycles. The number of ether oxygens (including phenoxy) is 4. The summed E-state index contributed by atoms with van der Waals surface area (Å²) in [6, 6.07) is 20.1. The van der Waals surface area contributed by atoms with Gasteiger partial charge in [-0.25, -0.2) is 14.4 Å². The highest BCUT2D eigenvalue weighted by molar-refractivity contribution is 6.39. The molecule has 1 fully saturated rings. The van der Waals surface area contributed by atoms with Crippen molar-refractivity contribution in [3.05, 3.63) is 118 Å². The van der Waals surface area contributed by atoms with Gasteiger partial charge in [0.05, 0.1) is 22.4 Å². The Balaban J connectivity index is 1.70. The number of guanidine groups is 1. The molecule has 0 saturated carbocycles. The van der Waals surface area contributed by atoms with Crippen LogP contribution in [0.2, 0.25) is 0 Å². The Morgan fingerprint density at radius 1 is 0.820 bits per heavy atom. The number of nitrogens with two attached hydrogens (primary N) is 2. The van der Waals surface area contributed by atoms with Gasteiger partial charge >= 0.3 is 17.9 Å².